The fraction of sp³-hybridized carbons (Fsp3) is 0.150. The summed E-state index contributed by atoms with van der Waals surface area (Å²) in [6, 6.07) is 18.0. The van der Waals surface area contributed by atoms with E-state index in [1.165, 1.54) is 11.8 Å². The van der Waals surface area contributed by atoms with Crippen LogP contribution in [0.3, 0.4) is 0 Å². The number of hydrogen-bond donors (Lipinski definition) is 1. The van der Waals surface area contributed by atoms with Crippen LogP contribution >= 0.6 is 11.8 Å². The van der Waals surface area contributed by atoms with Crippen LogP contribution in [0.15, 0.2) is 65.8 Å². The monoisotopic (exact) mass is 413 g/mol. The molecule has 6 nitrogen and oxygen atoms in total. The van der Waals surface area contributed by atoms with E-state index in [4.69, 9.17) is 0 Å². The lowest BCUT2D eigenvalue weighted by atomic mass is 10.1. The van der Waals surface area contributed by atoms with Gasteiger partial charge >= 0.3 is 0 Å². The molecule has 0 saturated carbocycles. The number of thioether (sulfide) groups is 1. The number of Topliss-reactive ketones (excluding diaryl/α,β-unsaturated/α-hetero) is 1. The Hall–Kier alpha value is -2.71. The van der Waals surface area contributed by atoms with Gasteiger partial charge in [0.15, 0.2) is 10.9 Å². The number of carbonyl (C=O) groups excluding carboxylic acids is 1. The highest BCUT2D eigenvalue weighted by Gasteiger charge is 2.11. The summed E-state index contributed by atoms with van der Waals surface area (Å²) in [7, 11) is -3.34. The maximum atomic E-state index is 12.4. The third-order valence-corrected chi connectivity index (χ3v) is 5.20. The Morgan fingerprint density at radius 1 is 1.04 bits per heavy atom. The molecular formula is C20H19N3O3S2. The summed E-state index contributed by atoms with van der Waals surface area (Å²) in [5.74, 6) is 0.110. The first-order valence-corrected chi connectivity index (χ1v) is 11.3. The molecule has 0 amide bonds. The summed E-state index contributed by atoms with van der Waals surface area (Å²) in [6.45, 7) is 1.90. The molecule has 0 aliphatic rings. The quantitative estimate of drug-likeness (QED) is 0.360. The summed E-state index contributed by atoms with van der Waals surface area (Å²) in [6.07, 6.45) is 1.08. The summed E-state index contributed by atoms with van der Waals surface area (Å²) >= 11 is 1.28. The molecule has 0 saturated heterocycles. The lowest BCUT2D eigenvalue weighted by Crippen LogP contribution is -2.10. The topological polar surface area (TPSA) is 89.0 Å². The van der Waals surface area contributed by atoms with E-state index >= 15 is 0 Å². The number of ketones is 1. The molecular weight excluding hydrogens is 394 g/mol. The summed E-state index contributed by atoms with van der Waals surface area (Å²) in [4.78, 5) is 21.4. The Balaban J connectivity index is 1.68. The standard InChI is InChI=1S/C20H19N3O3S2/c1-14-12-18(15-6-4-3-5-7-15)22-20(21-14)27-13-19(24)16-8-10-17(11-9-16)23-28(2,25)26/h3-12,23H,13H2,1-2H3. The molecule has 0 spiro atoms. The third kappa shape index (κ3) is 5.64. The Morgan fingerprint density at radius 2 is 1.71 bits per heavy atom. The van der Waals surface area contributed by atoms with Gasteiger partial charge in [0.25, 0.3) is 0 Å². The van der Waals surface area contributed by atoms with Gasteiger partial charge in [-0.1, -0.05) is 42.1 Å². The fourth-order valence-corrected chi connectivity index (χ4v) is 3.88. The van der Waals surface area contributed by atoms with Crippen molar-refractivity contribution in [3.63, 3.8) is 0 Å². The highest BCUT2D eigenvalue weighted by atomic mass is 32.2. The molecule has 0 bridgehead atoms. The molecule has 3 rings (SSSR count). The number of rotatable bonds is 7. The lowest BCUT2D eigenvalue weighted by Gasteiger charge is -2.07. The Bertz CT molecular complexity index is 1080. The van der Waals surface area contributed by atoms with Gasteiger partial charge in [-0.15, -0.1) is 0 Å². The first-order chi connectivity index (χ1) is 13.3. The van der Waals surface area contributed by atoms with E-state index in [1.807, 2.05) is 43.3 Å². The van der Waals surface area contributed by atoms with Crippen molar-refractivity contribution in [3.8, 4) is 11.3 Å². The Morgan fingerprint density at radius 3 is 2.36 bits per heavy atom. The van der Waals surface area contributed by atoms with Crippen molar-refractivity contribution in [2.75, 3.05) is 16.7 Å². The van der Waals surface area contributed by atoms with Crippen LogP contribution in [0.4, 0.5) is 5.69 Å². The van der Waals surface area contributed by atoms with Crippen molar-refractivity contribution in [2.45, 2.75) is 12.1 Å². The molecule has 0 aliphatic carbocycles. The van der Waals surface area contributed by atoms with Gasteiger partial charge in [0.05, 0.1) is 17.7 Å². The first kappa shape index (κ1) is 20.0. The zero-order chi connectivity index (χ0) is 20.1. The lowest BCUT2D eigenvalue weighted by molar-refractivity contribution is 0.102. The smallest absolute Gasteiger partial charge is 0.229 e. The van der Waals surface area contributed by atoms with Crippen LogP contribution in [0.2, 0.25) is 0 Å². The van der Waals surface area contributed by atoms with Crippen LogP contribution in [0.25, 0.3) is 11.3 Å². The van der Waals surface area contributed by atoms with Crippen molar-refractivity contribution in [1.29, 1.82) is 0 Å². The molecule has 8 heteroatoms. The number of anilines is 1. The maximum absolute atomic E-state index is 12.4. The van der Waals surface area contributed by atoms with E-state index < -0.39 is 10.0 Å². The van der Waals surface area contributed by atoms with Gasteiger partial charge < -0.3 is 0 Å². The molecule has 1 N–H and O–H groups in total. The van der Waals surface area contributed by atoms with E-state index in [-0.39, 0.29) is 11.5 Å². The third-order valence-electron chi connectivity index (χ3n) is 3.75. The highest BCUT2D eigenvalue weighted by molar-refractivity contribution is 7.99. The minimum atomic E-state index is -3.34. The van der Waals surface area contributed by atoms with Crippen LogP contribution in [0.5, 0.6) is 0 Å². The second-order valence-corrected chi connectivity index (χ2v) is 8.90. The SMILES string of the molecule is Cc1cc(-c2ccccc2)nc(SCC(=O)c2ccc(NS(C)(=O)=O)cc2)n1. The zero-order valence-electron chi connectivity index (χ0n) is 15.4. The normalized spacial score (nSPS) is 11.2. The highest BCUT2D eigenvalue weighted by Crippen LogP contribution is 2.22. The van der Waals surface area contributed by atoms with Gasteiger partial charge in [0, 0.05) is 22.5 Å². The molecule has 0 aliphatic heterocycles. The van der Waals surface area contributed by atoms with Gasteiger partial charge in [0.2, 0.25) is 10.0 Å². The van der Waals surface area contributed by atoms with Gasteiger partial charge in [-0.3, -0.25) is 9.52 Å². The summed E-state index contributed by atoms with van der Waals surface area (Å²) in [5, 5.41) is 0.544. The van der Waals surface area contributed by atoms with Crippen LogP contribution < -0.4 is 4.72 Å². The average molecular weight is 414 g/mol. The van der Waals surface area contributed by atoms with E-state index in [0.29, 0.717) is 16.4 Å². The van der Waals surface area contributed by atoms with E-state index in [2.05, 4.69) is 14.7 Å². The average Bonchev–Trinajstić information content (AvgIpc) is 2.66. The fourth-order valence-electron chi connectivity index (χ4n) is 2.51. The van der Waals surface area contributed by atoms with Crippen LogP contribution in [-0.2, 0) is 10.0 Å². The van der Waals surface area contributed by atoms with Crippen LogP contribution in [-0.4, -0.2) is 36.2 Å². The second-order valence-electron chi connectivity index (χ2n) is 6.21. The van der Waals surface area contributed by atoms with Gasteiger partial charge in [0.1, 0.15) is 0 Å². The largest absolute Gasteiger partial charge is 0.293 e. The van der Waals surface area contributed by atoms with Gasteiger partial charge in [-0.05, 0) is 37.3 Å². The predicted molar refractivity (Wildman–Crippen MR) is 112 cm³/mol. The van der Waals surface area contributed by atoms with Crippen LogP contribution in [0, 0.1) is 6.92 Å². The van der Waals surface area contributed by atoms with Crippen LogP contribution in [0.1, 0.15) is 16.1 Å². The minimum absolute atomic E-state index is 0.0812. The number of aryl methyl sites for hydroxylation is 1. The number of nitrogens with zero attached hydrogens (tertiary/aromatic N) is 2. The zero-order valence-corrected chi connectivity index (χ0v) is 17.0. The number of carbonyl (C=O) groups is 1. The Kier molecular flexibility index (Phi) is 6.11. The molecule has 28 heavy (non-hydrogen) atoms. The molecule has 0 fully saturated rings. The van der Waals surface area contributed by atoms with E-state index in [1.54, 1.807) is 24.3 Å². The molecule has 0 unspecified atom stereocenters. The molecule has 0 atom stereocenters. The Labute approximate surface area is 168 Å². The van der Waals surface area contributed by atoms with Crippen molar-refractivity contribution in [3.05, 3.63) is 71.9 Å². The molecule has 144 valence electrons. The maximum Gasteiger partial charge on any atom is 0.229 e. The summed E-state index contributed by atoms with van der Waals surface area (Å²) in [5.41, 5.74) is 3.57. The number of benzene rings is 2. The molecule has 3 aromatic rings. The van der Waals surface area contributed by atoms with Crippen molar-refractivity contribution >= 4 is 33.3 Å². The minimum Gasteiger partial charge on any atom is -0.293 e. The van der Waals surface area contributed by atoms with Crippen molar-refractivity contribution in [1.82, 2.24) is 9.97 Å². The number of sulfonamides is 1. The number of nitrogens with one attached hydrogen (secondary N) is 1. The van der Waals surface area contributed by atoms with Crippen molar-refractivity contribution < 1.29 is 13.2 Å². The number of aromatic nitrogens is 2. The summed E-state index contributed by atoms with van der Waals surface area (Å²) < 4.78 is 24.9. The van der Waals surface area contributed by atoms with E-state index in [9.17, 15) is 13.2 Å². The molecule has 0 radical (unpaired) electrons. The molecule has 2 aromatic carbocycles. The van der Waals surface area contributed by atoms with Crippen molar-refractivity contribution in [2.24, 2.45) is 0 Å². The molecule has 1 heterocycles. The first-order valence-electron chi connectivity index (χ1n) is 8.45. The van der Waals surface area contributed by atoms with Gasteiger partial charge in [-0.2, -0.15) is 0 Å². The second kappa shape index (κ2) is 8.53. The number of hydrogen-bond acceptors (Lipinski definition) is 6. The van der Waals surface area contributed by atoms with Gasteiger partial charge in [-0.25, -0.2) is 18.4 Å². The predicted octanol–water partition coefficient (Wildman–Crippen LogP) is 3.80. The molecule has 1 aromatic heterocycles. The van der Waals surface area contributed by atoms with E-state index in [0.717, 1.165) is 23.2 Å².